The van der Waals surface area contributed by atoms with Crippen LogP contribution in [0.4, 0.5) is 0 Å². The summed E-state index contributed by atoms with van der Waals surface area (Å²) in [5.41, 5.74) is 4.72. The van der Waals surface area contributed by atoms with Crippen LogP contribution in [0.15, 0.2) is 17.5 Å². The van der Waals surface area contributed by atoms with Crippen LogP contribution in [0.25, 0.3) is 0 Å². The largest absolute Gasteiger partial charge is 0.273 e. The Morgan fingerprint density at radius 3 is 2.68 bits per heavy atom. The molecule has 1 aliphatic heterocycles. The van der Waals surface area contributed by atoms with Gasteiger partial charge >= 0.3 is 0 Å². The van der Waals surface area contributed by atoms with Gasteiger partial charge in [0.05, 0.1) is 11.5 Å². The zero-order valence-electron chi connectivity index (χ0n) is 12.2. The molecule has 1 unspecified atom stereocenters. The molecular formula is C14H20N2O4S2. The summed E-state index contributed by atoms with van der Waals surface area (Å²) in [7, 11) is -2.97. The molecule has 0 aliphatic carbocycles. The lowest BCUT2D eigenvalue weighted by atomic mass is 10.1. The molecule has 122 valence electrons. The molecule has 0 aromatic carbocycles. The second-order valence-corrected chi connectivity index (χ2v) is 8.76. The highest BCUT2D eigenvalue weighted by molar-refractivity contribution is 7.91. The summed E-state index contributed by atoms with van der Waals surface area (Å²) < 4.78 is 22.6. The highest BCUT2D eigenvalue weighted by atomic mass is 32.2. The molecule has 2 amide bonds. The lowest BCUT2D eigenvalue weighted by Gasteiger charge is -2.09. The topological polar surface area (TPSA) is 92.3 Å². The van der Waals surface area contributed by atoms with E-state index < -0.39 is 9.84 Å². The first kappa shape index (κ1) is 17.0. The van der Waals surface area contributed by atoms with Crippen molar-refractivity contribution >= 4 is 33.0 Å². The number of rotatable bonds is 6. The summed E-state index contributed by atoms with van der Waals surface area (Å²) in [4.78, 5) is 24.5. The molecule has 0 radical (unpaired) electrons. The second-order valence-electron chi connectivity index (χ2n) is 5.50. The Kier molecular flexibility index (Phi) is 5.96. The first-order valence-electron chi connectivity index (χ1n) is 7.25. The molecular weight excluding hydrogens is 324 g/mol. The fraction of sp³-hybridized carbons (Fsp3) is 0.571. The number of amides is 2. The molecule has 6 nitrogen and oxygen atoms in total. The van der Waals surface area contributed by atoms with Crippen molar-refractivity contribution in [2.24, 2.45) is 5.92 Å². The van der Waals surface area contributed by atoms with Gasteiger partial charge in [0.15, 0.2) is 9.84 Å². The van der Waals surface area contributed by atoms with Crippen LogP contribution in [-0.4, -0.2) is 31.7 Å². The van der Waals surface area contributed by atoms with Crippen LogP contribution in [0.2, 0.25) is 0 Å². The van der Waals surface area contributed by atoms with E-state index in [1.54, 1.807) is 11.3 Å². The molecule has 0 spiro atoms. The Morgan fingerprint density at radius 2 is 2.05 bits per heavy atom. The van der Waals surface area contributed by atoms with Crippen molar-refractivity contribution in [1.29, 1.82) is 0 Å². The average molecular weight is 344 g/mol. The molecule has 8 heteroatoms. The third-order valence-corrected chi connectivity index (χ3v) is 6.32. The second kappa shape index (κ2) is 7.73. The highest BCUT2D eigenvalue weighted by Gasteiger charge is 2.29. The molecule has 22 heavy (non-hydrogen) atoms. The monoisotopic (exact) mass is 344 g/mol. The van der Waals surface area contributed by atoms with Crippen molar-refractivity contribution in [3.05, 3.63) is 22.4 Å². The highest BCUT2D eigenvalue weighted by Crippen LogP contribution is 2.21. The van der Waals surface area contributed by atoms with Gasteiger partial charge in [0, 0.05) is 17.7 Å². The van der Waals surface area contributed by atoms with Crippen LogP contribution in [-0.2, 0) is 25.8 Å². The molecule has 1 aliphatic rings. The standard InChI is InChI=1S/C14H20N2O4S2/c17-13(5-1-3-12-4-2-7-21-12)15-16-14(18)9-11-6-8-22(19,20)10-11/h2,4,7,11H,1,3,5-6,8-10H2,(H,15,17)(H,16,18). The van der Waals surface area contributed by atoms with Gasteiger partial charge in [-0.05, 0) is 36.6 Å². The number of thiophene rings is 1. The van der Waals surface area contributed by atoms with E-state index in [2.05, 4.69) is 10.9 Å². The van der Waals surface area contributed by atoms with Crippen LogP contribution < -0.4 is 10.9 Å². The van der Waals surface area contributed by atoms with Gasteiger partial charge in [0.25, 0.3) is 0 Å². The average Bonchev–Trinajstić information content (AvgIpc) is 3.06. The van der Waals surface area contributed by atoms with Gasteiger partial charge in [-0.2, -0.15) is 0 Å². The van der Waals surface area contributed by atoms with Crippen LogP contribution in [0.5, 0.6) is 0 Å². The van der Waals surface area contributed by atoms with Crippen molar-refractivity contribution < 1.29 is 18.0 Å². The molecule has 1 aromatic rings. The normalized spacial score (nSPS) is 19.7. The van der Waals surface area contributed by atoms with E-state index in [0.29, 0.717) is 12.8 Å². The zero-order valence-corrected chi connectivity index (χ0v) is 13.8. The quantitative estimate of drug-likeness (QED) is 0.754. The molecule has 2 N–H and O–H groups in total. The number of hydrazine groups is 1. The zero-order chi connectivity index (χ0) is 16.0. The summed E-state index contributed by atoms with van der Waals surface area (Å²) in [6, 6.07) is 4.00. The minimum atomic E-state index is -2.97. The van der Waals surface area contributed by atoms with Gasteiger partial charge in [0.2, 0.25) is 11.8 Å². The SMILES string of the molecule is O=C(CCCc1cccs1)NNC(=O)CC1CCS(=O)(=O)C1. The van der Waals surface area contributed by atoms with Gasteiger partial charge in [-0.15, -0.1) is 11.3 Å². The van der Waals surface area contributed by atoms with Crippen molar-refractivity contribution in [1.82, 2.24) is 10.9 Å². The van der Waals surface area contributed by atoms with Gasteiger partial charge < -0.3 is 0 Å². The Morgan fingerprint density at radius 1 is 1.27 bits per heavy atom. The number of hydrogen-bond donors (Lipinski definition) is 2. The van der Waals surface area contributed by atoms with E-state index in [0.717, 1.165) is 12.8 Å². The minimum Gasteiger partial charge on any atom is -0.273 e. The molecule has 2 rings (SSSR count). The van der Waals surface area contributed by atoms with Gasteiger partial charge in [-0.3, -0.25) is 20.4 Å². The van der Waals surface area contributed by atoms with Crippen LogP contribution in [0, 0.1) is 5.92 Å². The summed E-state index contributed by atoms with van der Waals surface area (Å²) in [5, 5.41) is 2.00. The van der Waals surface area contributed by atoms with E-state index in [9.17, 15) is 18.0 Å². The molecule has 0 bridgehead atoms. The molecule has 2 heterocycles. The molecule has 1 fully saturated rings. The lowest BCUT2D eigenvalue weighted by Crippen LogP contribution is -2.42. The number of hydrogen-bond acceptors (Lipinski definition) is 5. The third kappa shape index (κ3) is 5.76. The fourth-order valence-electron chi connectivity index (χ4n) is 2.43. The molecule has 1 atom stereocenters. The Hall–Kier alpha value is -1.41. The van der Waals surface area contributed by atoms with Gasteiger partial charge in [-0.25, -0.2) is 8.42 Å². The van der Waals surface area contributed by atoms with Crippen molar-refractivity contribution in [2.75, 3.05) is 11.5 Å². The number of nitrogens with one attached hydrogen (secondary N) is 2. The molecule has 1 saturated heterocycles. The summed E-state index contributed by atoms with van der Waals surface area (Å²) in [6.07, 6.45) is 2.57. The predicted molar refractivity (Wildman–Crippen MR) is 84.9 cm³/mol. The number of carbonyl (C=O) groups excluding carboxylic acids is 2. The van der Waals surface area contributed by atoms with E-state index in [1.807, 2.05) is 17.5 Å². The summed E-state index contributed by atoms with van der Waals surface area (Å²) in [5.74, 6) is -0.492. The number of sulfone groups is 1. The maximum atomic E-state index is 11.7. The minimum absolute atomic E-state index is 0.0647. The maximum Gasteiger partial charge on any atom is 0.238 e. The van der Waals surface area contributed by atoms with E-state index >= 15 is 0 Å². The Labute approximate surface area is 134 Å². The van der Waals surface area contributed by atoms with E-state index in [-0.39, 0.29) is 35.7 Å². The Bertz CT molecular complexity index is 611. The van der Waals surface area contributed by atoms with Crippen LogP contribution in [0.3, 0.4) is 0 Å². The third-order valence-electron chi connectivity index (χ3n) is 3.55. The molecule has 0 saturated carbocycles. The van der Waals surface area contributed by atoms with Crippen molar-refractivity contribution in [3.63, 3.8) is 0 Å². The molecule has 1 aromatic heterocycles. The Balaban J connectivity index is 1.58. The summed E-state index contributed by atoms with van der Waals surface area (Å²) >= 11 is 1.66. The number of aryl methyl sites for hydroxylation is 1. The first-order valence-corrected chi connectivity index (χ1v) is 9.95. The lowest BCUT2D eigenvalue weighted by molar-refractivity contribution is -0.129. The van der Waals surface area contributed by atoms with E-state index in [4.69, 9.17) is 0 Å². The van der Waals surface area contributed by atoms with E-state index in [1.165, 1.54) is 4.88 Å². The summed E-state index contributed by atoms with van der Waals surface area (Å²) in [6.45, 7) is 0. The van der Waals surface area contributed by atoms with Crippen molar-refractivity contribution in [2.45, 2.75) is 32.1 Å². The predicted octanol–water partition coefficient (Wildman–Crippen LogP) is 1.04. The van der Waals surface area contributed by atoms with Crippen molar-refractivity contribution in [3.8, 4) is 0 Å². The smallest absolute Gasteiger partial charge is 0.238 e. The van der Waals surface area contributed by atoms with Gasteiger partial charge in [0.1, 0.15) is 0 Å². The van der Waals surface area contributed by atoms with Crippen LogP contribution in [0.1, 0.15) is 30.6 Å². The van der Waals surface area contributed by atoms with Gasteiger partial charge in [-0.1, -0.05) is 6.07 Å². The first-order chi connectivity index (χ1) is 10.4. The maximum absolute atomic E-state index is 11.7. The number of carbonyl (C=O) groups is 2. The fourth-order valence-corrected chi connectivity index (χ4v) is 5.04. The van der Waals surface area contributed by atoms with Crippen LogP contribution >= 0.6 is 11.3 Å².